The molecule has 0 saturated heterocycles. The Balaban J connectivity index is 2.40. The molecule has 6 heteroatoms. The maximum atomic E-state index is 9.01. The van der Waals surface area contributed by atoms with E-state index in [1.165, 1.54) is 11.8 Å². The molecule has 1 aromatic carbocycles. The van der Waals surface area contributed by atoms with Gasteiger partial charge in [-0.05, 0) is 23.9 Å². The highest BCUT2D eigenvalue weighted by Crippen LogP contribution is 2.31. The first-order chi connectivity index (χ1) is 7.72. The predicted molar refractivity (Wildman–Crippen MR) is 61.3 cm³/mol. The fourth-order valence-electron chi connectivity index (χ4n) is 1.16. The summed E-state index contributed by atoms with van der Waals surface area (Å²) in [5.74, 6) is 0. The number of nitriles is 1. The predicted octanol–water partition coefficient (Wildman–Crippen LogP) is 2.49. The number of rotatable bonds is 2. The molecule has 0 aliphatic rings. The molecule has 16 heavy (non-hydrogen) atoms. The Hall–Kier alpha value is -1.51. The first-order valence-corrected chi connectivity index (χ1v) is 5.62. The zero-order valence-corrected chi connectivity index (χ0v) is 9.96. The van der Waals surface area contributed by atoms with E-state index in [1.807, 2.05) is 19.2 Å². The molecule has 1 heterocycles. The summed E-state index contributed by atoms with van der Waals surface area (Å²) >= 11 is 7.30. The van der Waals surface area contributed by atoms with E-state index in [4.69, 9.17) is 16.9 Å². The van der Waals surface area contributed by atoms with Gasteiger partial charge in [-0.1, -0.05) is 17.7 Å². The van der Waals surface area contributed by atoms with E-state index in [1.54, 1.807) is 17.0 Å². The van der Waals surface area contributed by atoms with Gasteiger partial charge in [0.05, 0.1) is 10.6 Å². The molecule has 80 valence electrons. The average Bonchev–Trinajstić information content (AvgIpc) is 2.65. The number of benzene rings is 1. The lowest BCUT2D eigenvalue weighted by molar-refractivity contribution is 0.788. The van der Waals surface area contributed by atoms with Crippen LogP contribution in [0.5, 0.6) is 0 Å². The molecule has 0 spiro atoms. The minimum Gasteiger partial charge on any atom is -0.311 e. The van der Waals surface area contributed by atoms with Crippen LogP contribution in [0.15, 0.2) is 34.6 Å². The van der Waals surface area contributed by atoms with E-state index in [2.05, 4.69) is 16.3 Å². The van der Waals surface area contributed by atoms with Crippen LogP contribution in [0.3, 0.4) is 0 Å². The lowest BCUT2D eigenvalue weighted by Gasteiger charge is -2.03. The second-order valence-corrected chi connectivity index (χ2v) is 4.47. The Morgan fingerprint density at radius 3 is 2.94 bits per heavy atom. The molecule has 0 aliphatic heterocycles. The third-order valence-electron chi connectivity index (χ3n) is 1.96. The summed E-state index contributed by atoms with van der Waals surface area (Å²) in [5.41, 5.74) is 0.470. The summed E-state index contributed by atoms with van der Waals surface area (Å²) in [6.07, 6.45) is 1.61. The summed E-state index contributed by atoms with van der Waals surface area (Å²) in [4.78, 5) is 0.783. The van der Waals surface area contributed by atoms with Gasteiger partial charge >= 0.3 is 0 Å². The number of aromatic nitrogens is 3. The molecule has 0 bridgehead atoms. The van der Waals surface area contributed by atoms with Gasteiger partial charge < -0.3 is 4.57 Å². The largest absolute Gasteiger partial charge is 0.311 e. The van der Waals surface area contributed by atoms with Crippen LogP contribution in [0.4, 0.5) is 0 Å². The monoisotopic (exact) mass is 250 g/mol. The van der Waals surface area contributed by atoms with Gasteiger partial charge in [0.15, 0.2) is 5.16 Å². The highest BCUT2D eigenvalue weighted by Gasteiger charge is 2.10. The smallest absolute Gasteiger partial charge is 0.195 e. The van der Waals surface area contributed by atoms with Crippen LogP contribution in [-0.4, -0.2) is 14.8 Å². The molecular weight excluding hydrogens is 244 g/mol. The van der Waals surface area contributed by atoms with E-state index < -0.39 is 0 Å². The minimum atomic E-state index is 0.453. The van der Waals surface area contributed by atoms with Gasteiger partial charge in [0.2, 0.25) is 0 Å². The molecule has 0 saturated carbocycles. The van der Waals surface area contributed by atoms with E-state index in [0.29, 0.717) is 10.6 Å². The van der Waals surface area contributed by atoms with Crippen molar-refractivity contribution < 1.29 is 0 Å². The Kier molecular flexibility index (Phi) is 3.13. The van der Waals surface area contributed by atoms with Crippen LogP contribution in [0.1, 0.15) is 5.56 Å². The zero-order chi connectivity index (χ0) is 11.5. The standard InChI is InChI=1S/C10H7ClN4S/c1-15-6-13-14-10(15)16-9-4-2-3-8(11)7(9)5-12/h2-4,6H,1H3. The molecule has 4 nitrogen and oxygen atoms in total. The fourth-order valence-corrected chi connectivity index (χ4v) is 2.31. The van der Waals surface area contributed by atoms with Gasteiger partial charge in [0.1, 0.15) is 12.4 Å². The molecule has 2 rings (SSSR count). The molecular formula is C10H7ClN4S. The lowest BCUT2D eigenvalue weighted by atomic mass is 10.2. The molecule has 0 atom stereocenters. The molecule has 2 aromatic rings. The van der Waals surface area contributed by atoms with Crippen molar-refractivity contribution in [2.24, 2.45) is 7.05 Å². The highest BCUT2D eigenvalue weighted by molar-refractivity contribution is 7.99. The maximum Gasteiger partial charge on any atom is 0.195 e. The fraction of sp³-hybridized carbons (Fsp3) is 0.100. The van der Waals surface area contributed by atoms with Gasteiger partial charge in [-0.2, -0.15) is 5.26 Å². The molecule has 0 unspecified atom stereocenters. The zero-order valence-electron chi connectivity index (χ0n) is 8.38. The molecule has 0 amide bonds. The van der Waals surface area contributed by atoms with Crippen LogP contribution in [0.25, 0.3) is 0 Å². The highest BCUT2D eigenvalue weighted by atomic mass is 35.5. The van der Waals surface area contributed by atoms with Crippen molar-refractivity contribution in [3.05, 3.63) is 35.1 Å². The minimum absolute atomic E-state index is 0.453. The van der Waals surface area contributed by atoms with Crippen molar-refractivity contribution in [2.45, 2.75) is 10.1 Å². The van der Waals surface area contributed by atoms with E-state index in [0.717, 1.165) is 10.1 Å². The van der Waals surface area contributed by atoms with Crippen LogP contribution < -0.4 is 0 Å². The Bertz CT molecular complexity index is 558. The topological polar surface area (TPSA) is 54.5 Å². The van der Waals surface area contributed by atoms with Gasteiger partial charge in [0.25, 0.3) is 0 Å². The SMILES string of the molecule is Cn1cnnc1Sc1cccc(Cl)c1C#N. The van der Waals surface area contributed by atoms with Gasteiger partial charge in [0, 0.05) is 11.9 Å². The molecule has 1 aromatic heterocycles. The van der Waals surface area contributed by atoms with Crippen molar-refractivity contribution in [1.82, 2.24) is 14.8 Å². The maximum absolute atomic E-state index is 9.01. The summed E-state index contributed by atoms with van der Waals surface area (Å²) in [6.45, 7) is 0. The van der Waals surface area contributed by atoms with Crippen molar-refractivity contribution in [2.75, 3.05) is 0 Å². The second-order valence-electron chi connectivity index (χ2n) is 3.05. The lowest BCUT2D eigenvalue weighted by Crippen LogP contribution is -1.90. The molecule has 0 fully saturated rings. The van der Waals surface area contributed by atoms with Crippen LogP contribution in [-0.2, 0) is 7.05 Å². The summed E-state index contributed by atoms with van der Waals surface area (Å²) < 4.78 is 1.78. The Morgan fingerprint density at radius 1 is 1.50 bits per heavy atom. The van der Waals surface area contributed by atoms with E-state index in [-0.39, 0.29) is 0 Å². The first-order valence-electron chi connectivity index (χ1n) is 4.43. The van der Waals surface area contributed by atoms with Crippen molar-refractivity contribution in [3.8, 4) is 6.07 Å². The van der Waals surface area contributed by atoms with Crippen molar-refractivity contribution >= 4 is 23.4 Å². The van der Waals surface area contributed by atoms with Gasteiger partial charge in [-0.3, -0.25) is 0 Å². The average molecular weight is 251 g/mol. The first kappa shape index (κ1) is 11.0. The molecule has 0 N–H and O–H groups in total. The van der Waals surface area contributed by atoms with E-state index in [9.17, 15) is 0 Å². The van der Waals surface area contributed by atoms with Crippen LogP contribution in [0, 0.1) is 11.3 Å². The van der Waals surface area contributed by atoms with E-state index >= 15 is 0 Å². The van der Waals surface area contributed by atoms with Crippen LogP contribution in [0.2, 0.25) is 5.02 Å². The number of aryl methyl sites for hydroxylation is 1. The third kappa shape index (κ3) is 2.03. The van der Waals surface area contributed by atoms with Crippen molar-refractivity contribution in [3.63, 3.8) is 0 Å². The number of hydrogen-bond acceptors (Lipinski definition) is 4. The Morgan fingerprint density at radius 2 is 2.31 bits per heavy atom. The number of halogens is 1. The Labute approximate surface area is 102 Å². The van der Waals surface area contributed by atoms with Gasteiger partial charge in [-0.15, -0.1) is 10.2 Å². The molecule has 0 aliphatic carbocycles. The normalized spacial score (nSPS) is 10.1. The molecule has 0 radical (unpaired) electrons. The summed E-state index contributed by atoms with van der Waals surface area (Å²) in [5, 5.41) is 17.9. The van der Waals surface area contributed by atoms with Crippen molar-refractivity contribution in [1.29, 1.82) is 5.26 Å². The third-order valence-corrected chi connectivity index (χ3v) is 3.39. The quantitative estimate of drug-likeness (QED) is 0.822. The number of nitrogens with zero attached hydrogens (tertiary/aromatic N) is 4. The summed E-state index contributed by atoms with van der Waals surface area (Å²) in [7, 11) is 1.85. The van der Waals surface area contributed by atoms with Crippen LogP contribution >= 0.6 is 23.4 Å². The van der Waals surface area contributed by atoms with Gasteiger partial charge in [-0.25, -0.2) is 0 Å². The second kappa shape index (κ2) is 4.56. The number of hydrogen-bond donors (Lipinski definition) is 0. The summed E-state index contributed by atoms with van der Waals surface area (Å²) in [6, 6.07) is 7.43.